The second-order valence-corrected chi connectivity index (χ2v) is 5.69. The van der Waals surface area contributed by atoms with Gasteiger partial charge in [-0.15, -0.1) is 0 Å². The van der Waals surface area contributed by atoms with E-state index in [9.17, 15) is 9.90 Å². The zero-order chi connectivity index (χ0) is 16.7. The lowest BCUT2D eigenvalue weighted by atomic mass is 10.1. The van der Waals surface area contributed by atoms with Crippen molar-refractivity contribution in [2.45, 2.75) is 26.4 Å². The van der Waals surface area contributed by atoms with Gasteiger partial charge in [-0.1, -0.05) is 36.4 Å². The van der Waals surface area contributed by atoms with Crippen LogP contribution in [0.4, 0.5) is 0 Å². The molecule has 2 aromatic carbocycles. The molecule has 0 aliphatic heterocycles. The van der Waals surface area contributed by atoms with Crippen LogP contribution in [0, 0.1) is 13.8 Å². The van der Waals surface area contributed by atoms with Crippen molar-refractivity contribution in [1.82, 2.24) is 5.32 Å². The van der Waals surface area contributed by atoms with Crippen LogP contribution in [0.2, 0.25) is 0 Å². The topological polar surface area (TPSA) is 58.6 Å². The van der Waals surface area contributed by atoms with Gasteiger partial charge in [-0.25, -0.2) is 0 Å². The minimum absolute atomic E-state index is 0.103. The van der Waals surface area contributed by atoms with Crippen molar-refractivity contribution < 1.29 is 14.6 Å². The summed E-state index contributed by atoms with van der Waals surface area (Å²) in [6, 6.07) is 15.4. The second-order valence-electron chi connectivity index (χ2n) is 5.69. The summed E-state index contributed by atoms with van der Waals surface area (Å²) in [6.45, 7) is 4.28. The maximum Gasteiger partial charge on any atom is 0.224 e. The molecule has 4 nitrogen and oxygen atoms in total. The van der Waals surface area contributed by atoms with Crippen molar-refractivity contribution in [2.75, 3.05) is 13.2 Å². The van der Waals surface area contributed by atoms with Crippen molar-refractivity contribution in [3.05, 3.63) is 65.2 Å². The number of rotatable bonds is 7. The van der Waals surface area contributed by atoms with Gasteiger partial charge in [-0.2, -0.15) is 0 Å². The SMILES string of the molecule is Cc1cccc(OC[C@H](O)CNC(=O)Cc2ccccc2C)c1. The number of aryl methyl sites for hydroxylation is 2. The average molecular weight is 313 g/mol. The van der Waals surface area contributed by atoms with Gasteiger partial charge in [0.25, 0.3) is 0 Å². The molecule has 2 rings (SSSR count). The lowest BCUT2D eigenvalue weighted by Gasteiger charge is -2.14. The summed E-state index contributed by atoms with van der Waals surface area (Å²) in [5.41, 5.74) is 3.19. The van der Waals surface area contributed by atoms with Crippen LogP contribution >= 0.6 is 0 Å². The van der Waals surface area contributed by atoms with Crippen LogP contribution in [-0.4, -0.2) is 30.3 Å². The molecule has 0 bridgehead atoms. The summed E-state index contributed by atoms with van der Waals surface area (Å²) in [7, 11) is 0. The lowest BCUT2D eigenvalue weighted by molar-refractivity contribution is -0.121. The van der Waals surface area contributed by atoms with Crippen LogP contribution < -0.4 is 10.1 Å². The highest BCUT2D eigenvalue weighted by atomic mass is 16.5. The summed E-state index contributed by atoms with van der Waals surface area (Å²) < 4.78 is 5.52. The van der Waals surface area contributed by atoms with Gasteiger partial charge in [0.15, 0.2) is 0 Å². The Morgan fingerprint density at radius 2 is 1.96 bits per heavy atom. The number of carbonyl (C=O) groups excluding carboxylic acids is 1. The van der Waals surface area contributed by atoms with Gasteiger partial charge in [0.2, 0.25) is 5.91 Å². The van der Waals surface area contributed by atoms with Crippen molar-refractivity contribution >= 4 is 5.91 Å². The number of benzene rings is 2. The minimum Gasteiger partial charge on any atom is -0.491 e. The molecule has 1 amide bonds. The van der Waals surface area contributed by atoms with E-state index in [1.165, 1.54) is 0 Å². The van der Waals surface area contributed by atoms with Crippen molar-refractivity contribution in [1.29, 1.82) is 0 Å². The van der Waals surface area contributed by atoms with E-state index in [-0.39, 0.29) is 19.1 Å². The molecular weight excluding hydrogens is 290 g/mol. The Bertz CT molecular complexity index is 655. The predicted octanol–water partition coefficient (Wildman–Crippen LogP) is 2.40. The molecule has 0 saturated heterocycles. The minimum atomic E-state index is -0.740. The first-order chi connectivity index (χ1) is 11.0. The average Bonchev–Trinajstić information content (AvgIpc) is 2.53. The molecule has 122 valence electrons. The third-order valence-corrected chi connectivity index (χ3v) is 3.58. The number of ether oxygens (including phenoxy) is 1. The maximum atomic E-state index is 11.9. The second kappa shape index (κ2) is 8.34. The Morgan fingerprint density at radius 3 is 2.70 bits per heavy atom. The highest BCUT2D eigenvalue weighted by Gasteiger charge is 2.09. The van der Waals surface area contributed by atoms with Crippen LogP contribution in [0.15, 0.2) is 48.5 Å². The summed E-state index contributed by atoms with van der Waals surface area (Å²) in [5.74, 6) is 0.615. The van der Waals surface area contributed by atoms with E-state index in [4.69, 9.17) is 4.74 Å². The molecule has 0 fully saturated rings. The van der Waals surface area contributed by atoms with Gasteiger partial charge >= 0.3 is 0 Å². The van der Waals surface area contributed by atoms with E-state index in [1.807, 2.05) is 62.4 Å². The molecule has 0 spiro atoms. The molecule has 0 unspecified atom stereocenters. The molecule has 23 heavy (non-hydrogen) atoms. The van der Waals surface area contributed by atoms with Crippen LogP contribution in [0.3, 0.4) is 0 Å². The van der Waals surface area contributed by atoms with Crippen LogP contribution in [-0.2, 0) is 11.2 Å². The third kappa shape index (κ3) is 5.75. The molecule has 1 atom stereocenters. The van der Waals surface area contributed by atoms with Crippen molar-refractivity contribution in [3.63, 3.8) is 0 Å². The number of aliphatic hydroxyl groups is 1. The fourth-order valence-electron chi connectivity index (χ4n) is 2.23. The zero-order valence-corrected chi connectivity index (χ0v) is 13.6. The van der Waals surface area contributed by atoms with Crippen molar-refractivity contribution in [2.24, 2.45) is 0 Å². The number of carbonyl (C=O) groups is 1. The van der Waals surface area contributed by atoms with E-state index in [2.05, 4.69) is 5.32 Å². The first-order valence-electron chi connectivity index (χ1n) is 7.73. The molecule has 0 aliphatic rings. The molecule has 0 saturated carbocycles. The van der Waals surface area contributed by atoms with E-state index in [0.717, 1.165) is 22.4 Å². The lowest BCUT2D eigenvalue weighted by Crippen LogP contribution is -2.36. The molecule has 0 radical (unpaired) electrons. The normalized spacial score (nSPS) is 11.8. The molecular formula is C19H23NO3. The Labute approximate surface area is 137 Å². The number of hydrogen-bond donors (Lipinski definition) is 2. The van der Waals surface area contributed by atoms with E-state index < -0.39 is 6.10 Å². The van der Waals surface area contributed by atoms with Crippen LogP contribution in [0.25, 0.3) is 0 Å². The molecule has 2 N–H and O–H groups in total. The molecule has 0 aliphatic carbocycles. The van der Waals surface area contributed by atoms with Gasteiger partial charge in [-0.3, -0.25) is 4.79 Å². The van der Waals surface area contributed by atoms with Crippen LogP contribution in [0.1, 0.15) is 16.7 Å². The Morgan fingerprint density at radius 1 is 1.17 bits per heavy atom. The highest BCUT2D eigenvalue weighted by Crippen LogP contribution is 2.12. The third-order valence-electron chi connectivity index (χ3n) is 3.58. The zero-order valence-electron chi connectivity index (χ0n) is 13.6. The molecule has 4 heteroatoms. The quantitative estimate of drug-likeness (QED) is 0.825. The number of amides is 1. The molecule has 0 heterocycles. The molecule has 2 aromatic rings. The largest absolute Gasteiger partial charge is 0.491 e. The number of aliphatic hydroxyl groups excluding tert-OH is 1. The maximum absolute atomic E-state index is 11.9. The first-order valence-corrected chi connectivity index (χ1v) is 7.73. The van der Waals surface area contributed by atoms with Crippen LogP contribution in [0.5, 0.6) is 5.75 Å². The van der Waals surface area contributed by atoms with E-state index in [1.54, 1.807) is 0 Å². The Kier molecular flexibility index (Phi) is 6.18. The summed E-state index contributed by atoms with van der Waals surface area (Å²) in [6.07, 6.45) is -0.422. The monoisotopic (exact) mass is 313 g/mol. The summed E-state index contributed by atoms with van der Waals surface area (Å²) >= 11 is 0. The van der Waals surface area contributed by atoms with Gasteiger partial charge in [0.1, 0.15) is 18.5 Å². The van der Waals surface area contributed by atoms with Gasteiger partial charge in [0, 0.05) is 6.54 Å². The fourth-order valence-corrected chi connectivity index (χ4v) is 2.23. The van der Waals surface area contributed by atoms with Gasteiger partial charge < -0.3 is 15.2 Å². The molecule has 0 aromatic heterocycles. The summed E-state index contributed by atoms with van der Waals surface area (Å²) in [4.78, 5) is 11.9. The van der Waals surface area contributed by atoms with Gasteiger partial charge in [0.05, 0.1) is 6.42 Å². The predicted molar refractivity (Wildman–Crippen MR) is 90.6 cm³/mol. The standard InChI is InChI=1S/C19H23NO3/c1-14-6-5-9-18(10-14)23-13-17(21)12-20-19(22)11-16-8-4-3-7-15(16)2/h3-10,17,21H,11-13H2,1-2H3,(H,20,22)/t17-/m1/s1. The number of hydrogen-bond acceptors (Lipinski definition) is 3. The van der Waals surface area contributed by atoms with Crippen molar-refractivity contribution in [3.8, 4) is 5.75 Å². The van der Waals surface area contributed by atoms with E-state index in [0.29, 0.717) is 6.42 Å². The highest BCUT2D eigenvalue weighted by molar-refractivity contribution is 5.78. The summed E-state index contributed by atoms with van der Waals surface area (Å²) in [5, 5.41) is 12.6. The first kappa shape index (κ1) is 17.0. The fraction of sp³-hybridized carbons (Fsp3) is 0.316. The van der Waals surface area contributed by atoms with Gasteiger partial charge in [-0.05, 0) is 42.7 Å². The Balaban J connectivity index is 1.72. The smallest absolute Gasteiger partial charge is 0.224 e. The number of nitrogens with one attached hydrogen (secondary N) is 1. The van der Waals surface area contributed by atoms with E-state index >= 15 is 0 Å². The Hall–Kier alpha value is -2.33.